The number of nitrogens with one attached hydrogen (secondary N) is 1. The third kappa shape index (κ3) is 3.43. The van der Waals surface area contributed by atoms with Gasteiger partial charge in [0.25, 0.3) is 0 Å². The summed E-state index contributed by atoms with van der Waals surface area (Å²) in [6, 6.07) is 15.3. The molecule has 0 amide bonds. The quantitative estimate of drug-likeness (QED) is 0.656. The van der Waals surface area contributed by atoms with E-state index in [1.54, 1.807) is 13.2 Å². The van der Waals surface area contributed by atoms with Crippen LogP contribution in [0.25, 0.3) is 0 Å². The molecule has 0 saturated heterocycles. The number of aromatic nitrogens is 1. The fourth-order valence-corrected chi connectivity index (χ4v) is 3.19. The van der Waals surface area contributed by atoms with Crippen molar-refractivity contribution in [2.75, 3.05) is 19.9 Å². The van der Waals surface area contributed by atoms with Gasteiger partial charge in [0.05, 0.1) is 12.1 Å². The van der Waals surface area contributed by atoms with Gasteiger partial charge in [-0.05, 0) is 24.7 Å². The van der Waals surface area contributed by atoms with Gasteiger partial charge in [-0.2, -0.15) is 0 Å². The van der Waals surface area contributed by atoms with E-state index >= 15 is 0 Å². The molecule has 0 radical (unpaired) electrons. The Morgan fingerprint density at radius 3 is 2.52 bits per heavy atom. The number of hydrogen-bond acceptors (Lipinski definition) is 5. The molecule has 1 heterocycles. The van der Waals surface area contributed by atoms with Gasteiger partial charge in [0.15, 0.2) is 5.54 Å². The van der Waals surface area contributed by atoms with Crippen molar-refractivity contribution in [3.63, 3.8) is 0 Å². The molecule has 0 saturated carbocycles. The van der Waals surface area contributed by atoms with Crippen LogP contribution in [-0.4, -0.2) is 30.9 Å². The minimum absolute atomic E-state index is 0.306. The third-order valence-electron chi connectivity index (χ3n) is 3.30. The second-order valence-electron chi connectivity index (χ2n) is 4.47. The van der Waals surface area contributed by atoms with Gasteiger partial charge < -0.3 is 10.1 Å². The van der Waals surface area contributed by atoms with Gasteiger partial charge in [-0.3, -0.25) is 0 Å². The normalized spacial score (nSPS) is 13.4. The summed E-state index contributed by atoms with van der Waals surface area (Å²) < 4.78 is 5.01. The number of methoxy groups -OCH3 is 1. The molecule has 1 atom stereocenters. The number of nitrogens with zero attached hydrogens (tertiary/aromatic N) is 1. The molecule has 4 nitrogen and oxygen atoms in total. The average Bonchev–Trinajstić information content (AvgIpc) is 2.57. The topological polar surface area (TPSA) is 51.2 Å². The Kier molecular flexibility index (Phi) is 5.36. The summed E-state index contributed by atoms with van der Waals surface area (Å²) >= 11 is 1.52. The van der Waals surface area contributed by atoms with Crippen LogP contribution in [-0.2, 0) is 15.1 Å². The van der Waals surface area contributed by atoms with Crippen molar-refractivity contribution in [1.29, 1.82) is 0 Å². The van der Waals surface area contributed by atoms with Crippen molar-refractivity contribution < 1.29 is 9.53 Å². The molecule has 2 rings (SSSR count). The molecule has 2 aromatic rings. The summed E-state index contributed by atoms with van der Waals surface area (Å²) in [6.07, 6.45) is 1.74. The van der Waals surface area contributed by atoms with Gasteiger partial charge in [-0.1, -0.05) is 36.4 Å². The van der Waals surface area contributed by atoms with Crippen LogP contribution in [0.2, 0.25) is 0 Å². The largest absolute Gasteiger partial charge is 0.467 e. The van der Waals surface area contributed by atoms with E-state index in [0.717, 1.165) is 10.6 Å². The molecule has 21 heavy (non-hydrogen) atoms. The Morgan fingerprint density at radius 1 is 1.24 bits per heavy atom. The number of carbonyl (C=O) groups is 1. The SMILES string of the molecule is CNC(CSc1ccccn1)(C(=O)OC)c1ccccc1. The first kappa shape index (κ1) is 15.5. The molecule has 110 valence electrons. The van der Waals surface area contributed by atoms with Crippen molar-refractivity contribution in [3.8, 4) is 0 Å². The molecule has 0 fully saturated rings. The van der Waals surface area contributed by atoms with Crippen molar-refractivity contribution >= 4 is 17.7 Å². The fourth-order valence-electron chi connectivity index (χ4n) is 2.09. The Morgan fingerprint density at radius 2 is 1.95 bits per heavy atom. The van der Waals surface area contributed by atoms with E-state index in [9.17, 15) is 4.79 Å². The van der Waals surface area contributed by atoms with E-state index < -0.39 is 5.54 Å². The number of pyridine rings is 1. The molecule has 0 aliphatic carbocycles. The molecule has 1 aromatic carbocycles. The summed E-state index contributed by atoms with van der Waals surface area (Å²) in [4.78, 5) is 16.6. The Hall–Kier alpha value is -1.85. The van der Waals surface area contributed by atoms with Crippen LogP contribution in [0.1, 0.15) is 5.56 Å². The van der Waals surface area contributed by atoms with Crippen molar-refractivity contribution in [2.24, 2.45) is 0 Å². The highest BCUT2D eigenvalue weighted by Crippen LogP contribution is 2.29. The van der Waals surface area contributed by atoms with Crippen LogP contribution in [0.4, 0.5) is 0 Å². The van der Waals surface area contributed by atoms with Crippen LogP contribution >= 0.6 is 11.8 Å². The van der Waals surface area contributed by atoms with Crippen molar-refractivity contribution in [3.05, 3.63) is 60.3 Å². The fraction of sp³-hybridized carbons (Fsp3) is 0.250. The lowest BCUT2D eigenvalue weighted by Crippen LogP contribution is -2.50. The first-order valence-electron chi connectivity index (χ1n) is 6.59. The van der Waals surface area contributed by atoms with E-state index in [2.05, 4.69) is 10.3 Å². The predicted molar refractivity (Wildman–Crippen MR) is 84.2 cm³/mol. The Labute approximate surface area is 128 Å². The van der Waals surface area contributed by atoms with Crippen LogP contribution in [0.5, 0.6) is 0 Å². The second kappa shape index (κ2) is 7.24. The maximum absolute atomic E-state index is 12.4. The molecular weight excluding hydrogens is 284 g/mol. The van der Waals surface area contributed by atoms with E-state index in [1.807, 2.05) is 48.5 Å². The van der Waals surface area contributed by atoms with Crippen molar-refractivity contribution in [1.82, 2.24) is 10.3 Å². The summed E-state index contributed by atoms with van der Waals surface area (Å²) in [6.45, 7) is 0. The average molecular weight is 302 g/mol. The third-order valence-corrected chi connectivity index (χ3v) is 4.42. The first-order chi connectivity index (χ1) is 10.2. The lowest BCUT2D eigenvalue weighted by atomic mass is 9.92. The van der Waals surface area contributed by atoms with Crippen LogP contribution in [0.3, 0.4) is 0 Å². The predicted octanol–water partition coefficient (Wildman–Crippen LogP) is 2.46. The van der Waals surface area contributed by atoms with E-state index in [0.29, 0.717) is 5.75 Å². The Balaban J connectivity index is 2.30. The monoisotopic (exact) mass is 302 g/mol. The minimum Gasteiger partial charge on any atom is -0.467 e. The molecule has 1 N–H and O–H groups in total. The van der Waals surface area contributed by atoms with Gasteiger partial charge in [0.2, 0.25) is 0 Å². The smallest absolute Gasteiger partial charge is 0.331 e. The zero-order valence-electron chi connectivity index (χ0n) is 12.1. The summed E-state index contributed by atoms with van der Waals surface area (Å²) in [5.74, 6) is 0.191. The number of benzene rings is 1. The van der Waals surface area contributed by atoms with Gasteiger partial charge >= 0.3 is 5.97 Å². The standard InChI is InChI=1S/C16H18N2O2S/c1-17-16(15(19)20-2,13-8-4-3-5-9-13)12-21-14-10-6-7-11-18-14/h3-11,17H,12H2,1-2H3. The molecule has 0 spiro atoms. The van der Waals surface area contributed by atoms with Gasteiger partial charge in [0.1, 0.15) is 0 Å². The minimum atomic E-state index is -0.891. The van der Waals surface area contributed by atoms with Crippen molar-refractivity contribution in [2.45, 2.75) is 10.6 Å². The number of ether oxygens (including phenoxy) is 1. The maximum Gasteiger partial charge on any atom is 0.331 e. The summed E-state index contributed by atoms with van der Waals surface area (Å²) in [7, 11) is 3.17. The van der Waals surface area contributed by atoms with Crippen LogP contribution in [0, 0.1) is 0 Å². The highest BCUT2D eigenvalue weighted by Gasteiger charge is 2.40. The van der Waals surface area contributed by atoms with Gasteiger partial charge in [-0.15, -0.1) is 11.8 Å². The summed E-state index contributed by atoms with van der Waals surface area (Å²) in [5.41, 5.74) is -0.0131. The van der Waals surface area contributed by atoms with Crippen LogP contribution < -0.4 is 5.32 Å². The molecule has 5 heteroatoms. The number of hydrogen-bond donors (Lipinski definition) is 1. The number of carbonyl (C=O) groups excluding carboxylic acids is 1. The molecule has 1 aromatic heterocycles. The first-order valence-corrected chi connectivity index (χ1v) is 7.58. The number of likely N-dealkylation sites (N-methyl/N-ethyl adjacent to an activating group) is 1. The van der Waals surface area contributed by atoms with Gasteiger partial charge in [0, 0.05) is 11.9 Å². The lowest BCUT2D eigenvalue weighted by Gasteiger charge is -2.30. The number of thioether (sulfide) groups is 1. The van der Waals surface area contributed by atoms with E-state index in [4.69, 9.17) is 4.74 Å². The summed E-state index contributed by atoms with van der Waals surface area (Å²) in [5, 5.41) is 4.00. The molecule has 1 unspecified atom stereocenters. The van der Waals surface area contributed by atoms with E-state index in [-0.39, 0.29) is 5.97 Å². The zero-order valence-corrected chi connectivity index (χ0v) is 12.9. The molecule has 0 aliphatic rings. The van der Waals surface area contributed by atoms with Gasteiger partial charge in [-0.25, -0.2) is 9.78 Å². The maximum atomic E-state index is 12.4. The number of esters is 1. The van der Waals surface area contributed by atoms with Crippen LogP contribution in [0.15, 0.2) is 59.8 Å². The Bertz CT molecular complexity index is 577. The second-order valence-corrected chi connectivity index (χ2v) is 5.47. The highest BCUT2D eigenvalue weighted by molar-refractivity contribution is 7.99. The molecule has 0 aliphatic heterocycles. The zero-order chi connectivity index (χ0) is 15.1. The lowest BCUT2D eigenvalue weighted by molar-refractivity contribution is -0.147. The molecule has 0 bridgehead atoms. The molecular formula is C16H18N2O2S. The number of rotatable bonds is 6. The van der Waals surface area contributed by atoms with E-state index in [1.165, 1.54) is 18.9 Å². The highest BCUT2D eigenvalue weighted by atomic mass is 32.2.